The lowest BCUT2D eigenvalue weighted by Crippen LogP contribution is -2.45. The van der Waals surface area contributed by atoms with Crippen LogP contribution in [0.5, 0.6) is 0 Å². The molecule has 0 aromatic carbocycles. The van der Waals surface area contributed by atoms with Crippen molar-refractivity contribution in [3.8, 4) is 0 Å². The summed E-state index contributed by atoms with van der Waals surface area (Å²) in [5.74, 6) is 0. The Labute approximate surface area is 99.1 Å². The molecule has 0 N–H and O–H groups in total. The van der Waals surface area contributed by atoms with Crippen LogP contribution >= 0.6 is 0 Å². The first-order valence-electron chi connectivity index (χ1n) is 6.45. The zero-order chi connectivity index (χ0) is 12.0. The van der Waals surface area contributed by atoms with E-state index in [1.165, 1.54) is 6.29 Å². The Kier molecular flexibility index (Phi) is 5.42. The van der Waals surface area contributed by atoms with Crippen molar-refractivity contribution in [3.05, 3.63) is 0 Å². The molecule has 0 bridgehead atoms. The van der Waals surface area contributed by atoms with Crippen LogP contribution in [-0.4, -0.2) is 43.5 Å². The Morgan fingerprint density at radius 2 is 2.00 bits per heavy atom. The number of carbonyl (C=O) groups excluding carboxylic acids is 1. The maximum absolute atomic E-state index is 11.4. The van der Waals surface area contributed by atoms with Gasteiger partial charge >= 0.3 is 0 Å². The van der Waals surface area contributed by atoms with Gasteiger partial charge in [0.15, 0.2) is 0 Å². The zero-order valence-corrected chi connectivity index (χ0v) is 10.9. The molecule has 94 valence electrons. The highest BCUT2D eigenvalue weighted by Crippen LogP contribution is 2.30. The molecule has 3 nitrogen and oxygen atoms in total. The van der Waals surface area contributed by atoms with E-state index in [1.54, 1.807) is 0 Å². The Balaban J connectivity index is 2.62. The van der Waals surface area contributed by atoms with E-state index in [0.29, 0.717) is 6.04 Å². The normalized spacial score (nSPS) is 22.0. The smallest absolute Gasteiger partial charge is 0.127 e. The molecule has 3 heteroatoms. The van der Waals surface area contributed by atoms with Crippen molar-refractivity contribution >= 4 is 6.29 Å². The molecule has 0 spiro atoms. The average molecular weight is 227 g/mol. The molecule has 0 aromatic heterocycles. The van der Waals surface area contributed by atoms with E-state index in [0.717, 1.165) is 45.6 Å². The molecule has 0 aromatic rings. The quantitative estimate of drug-likeness (QED) is 0.651. The summed E-state index contributed by atoms with van der Waals surface area (Å²) < 4.78 is 5.35. The molecular weight excluding hydrogens is 202 g/mol. The molecule has 0 radical (unpaired) electrons. The lowest BCUT2D eigenvalue weighted by atomic mass is 9.81. The van der Waals surface area contributed by atoms with Gasteiger partial charge < -0.3 is 9.53 Å². The van der Waals surface area contributed by atoms with Gasteiger partial charge in [-0.15, -0.1) is 0 Å². The maximum Gasteiger partial charge on any atom is 0.127 e. The third-order valence-corrected chi connectivity index (χ3v) is 3.88. The molecule has 0 saturated carbocycles. The van der Waals surface area contributed by atoms with Crippen molar-refractivity contribution in [3.63, 3.8) is 0 Å². The van der Waals surface area contributed by atoms with Crippen LogP contribution in [0, 0.1) is 5.41 Å². The lowest BCUT2D eigenvalue weighted by Gasteiger charge is -2.38. The highest BCUT2D eigenvalue weighted by atomic mass is 16.5. The second-order valence-corrected chi connectivity index (χ2v) is 4.91. The molecule has 1 atom stereocenters. The summed E-state index contributed by atoms with van der Waals surface area (Å²) in [5.41, 5.74) is -0.155. The SMILES string of the molecule is CCC(C)N(CC)CC1(C=O)CCOCC1. The summed E-state index contributed by atoms with van der Waals surface area (Å²) in [6, 6.07) is 0.560. The van der Waals surface area contributed by atoms with E-state index >= 15 is 0 Å². The standard InChI is InChI=1S/C13H25NO2/c1-4-12(3)14(5-2)10-13(11-15)6-8-16-9-7-13/h11-12H,4-10H2,1-3H3. The van der Waals surface area contributed by atoms with Crippen molar-refractivity contribution in [2.75, 3.05) is 26.3 Å². The second-order valence-electron chi connectivity index (χ2n) is 4.91. The number of rotatable bonds is 6. The van der Waals surface area contributed by atoms with Crippen LogP contribution in [0.15, 0.2) is 0 Å². The number of aldehydes is 1. The highest BCUT2D eigenvalue weighted by molar-refractivity contribution is 5.60. The molecule has 1 unspecified atom stereocenters. The van der Waals surface area contributed by atoms with Crippen LogP contribution in [0.2, 0.25) is 0 Å². The van der Waals surface area contributed by atoms with Crippen molar-refractivity contribution in [2.24, 2.45) is 5.41 Å². The van der Waals surface area contributed by atoms with Crippen molar-refractivity contribution in [2.45, 2.75) is 46.1 Å². The highest BCUT2D eigenvalue weighted by Gasteiger charge is 2.34. The first kappa shape index (κ1) is 13.7. The Hall–Kier alpha value is -0.410. The summed E-state index contributed by atoms with van der Waals surface area (Å²) in [5, 5.41) is 0. The number of hydrogen-bond donors (Lipinski definition) is 0. The lowest BCUT2D eigenvalue weighted by molar-refractivity contribution is -0.123. The molecule has 16 heavy (non-hydrogen) atoms. The van der Waals surface area contributed by atoms with E-state index in [4.69, 9.17) is 4.74 Å². The molecule has 0 amide bonds. The van der Waals surface area contributed by atoms with Crippen LogP contribution < -0.4 is 0 Å². The van der Waals surface area contributed by atoms with Gasteiger partial charge in [0.05, 0.1) is 0 Å². The fourth-order valence-electron chi connectivity index (χ4n) is 2.33. The van der Waals surface area contributed by atoms with Crippen molar-refractivity contribution in [1.29, 1.82) is 0 Å². The van der Waals surface area contributed by atoms with E-state index in [2.05, 4.69) is 25.7 Å². The van der Waals surface area contributed by atoms with Crippen LogP contribution in [0.25, 0.3) is 0 Å². The first-order valence-corrected chi connectivity index (χ1v) is 6.45. The predicted octanol–water partition coefficient (Wildman–Crippen LogP) is 2.10. The van der Waals surface area contributed by atoms with Gasteiger partial charge in [-0.2, -0.15) is 0 Å². The van der Waals surface area contributed by atoms with Gasteiger partial charge in [-0.3, -0.25) is 4.90 Å². The second kappa shape index (κ2) is 6.36. The Bertz CT molecular complexity index is 212. The number of nitrogens with zero attached hydrogens (tertiary/aromatic N) is 1. The summed E-state index contributed by atoms with van der Waals surface area (Å²) >= 11 is 0. The van der Waals surface area contributed by atoms with E-state index in [9.17, 15) is 4.79 Å². The molecule has 1 saturated heterocycles. The van der Waals surface area contributed by atoms with Gasteiger partial charge in [-0.1, -0.05) is 13.8 Å². The van der Waals surface area contributed by atoms with Crippen LogP contribution in [0.3, 0.4) is 0 Å². The minimum absolute atomic E-state index is 0.155. The van der Waals surface area contributed by atoms with Crippen LogP contribution in [0.4, 0.5) is 0 Å². The third kappa shape index (κ3) is 3.29. The van der Waals surface area contributed by atoms with E-state index < -0.39 is 0 Å². The summed E-state index contributed by atoms with van der Waals surface area (Å²) in [4.78, 5) is 13.8. The molecule has 1 rings (SSSR count). The average Bonchev–Trinajstić information content (AvgIpc) is 2.36. The fourth-order valence-corrected chi connectivity index (χ4v) is 2.33. The zero-order valence-electron chi connectivity index (χ0n) is 10.9. The summed E-state index contributed by atoms with van der Waals surface area (Å²) in [7, 11) is 0. The van der Waals surface area contributed by atoms with E-state index in [1.807, 2.05) is 0 Å². The Morgan fingerprint density at radius 1 is 1.38 bits per heavy atom. The van der Waals surface area contributed by atoms with Gasteiger partial charge in [-0.05, 0) is 32.7 Å². The van der Waals surface area contributed by atoms with E-state index in [-0.39, 0.29) is 5.41 Å². The Morgan fingerprint density at radius 3 is 2.44 bits per heavy atom. The minimum atomic E-state index is -0.155. The monoisotopic (exact) mass is 227 g/mol. The summed E-state index contributed by atoms with van der Waals surface area (Å²) in [6.07, 6.45) is 4.06. The summed E-state index contributed by atoms with van der Waals surface area (Å²) in [6.45, 7) is 9.99. The van der Waals surface area contributed by atoms with Gasteiger partial charge in [0.2, 0.25) is 0 Å². The van der Waals surface area contributed by atoms with Crippen molar-refractivity contribution < 1.29 is 9.53 Å². The van der Waals surface area contributed by atoms with Crippen LogP contribution in [-0.2, 0) is 9.53 Å². The first-order chi connectivity index (χ1) is 7.67. The van der Waals surface area contributed by atoms with Gasteiger partial charge in [0.25, 0.3) is 0 Å². The van der Waals surface area contributed by atoms with Gasteiger partial charge in [0.1, 0.15) is 6.29 Å². The predicted molar refractivity (Wildman–Crippen MR) is 65.6 cm³/mol. The fraction of sp³-hybridized carbons (Fsp3) is 0.923. The van der Waals surface area contributed by atoms with Crippen LogP contribution in [0.1, 0.15) is 40.0 Å². The maximum atomic E-state index is 11.4. The molecule has 1 heterocycles. The van der Waals surface area contributed by atoms with Gasteiger partial charge in [-0.25, -0.2) is 0 Å². The van der Waals surface area contributed by atoms with Gasteiger partial charge in [0, 0.05) is 31.2 Å². The topological polar surface area (TPSA) is 29.5 Å². The largest absolute Gasteiger partial charge is 0.381 e. The molecule has 1 fully saturated rings. The molecule has 0 aliphatic carbocycles. The number of carbonyl (C=O) groups is 1. The number of hydrogen-bond acceptors (Lipinski definition) is 3. The third-order valence-electron chi connectivity index (χ3n) is 3.88. The van der Waals surface area contributed by atoms with Crippen molar-refractivity contribution in [1.82, 2.24) is 4.90 Å². The minimum Gasteiger partial charge on any atom is -0.381 e. The molecule has 1 aliphatic rings. The molecule has 1 aliphatic heterocycles. The molecular formula is C13H25NO2. The number of ether oxygens (including phenoxy) is 1.